The highest BCUT2D eigenvalue weighted by atomic mass is 16.6. The molecular formula is C18H13N3O5. The van der Waals surface area contributed by atoms with Crippen LogP contribution in [-0.2, 0) is 6.61 Å². The van der Waals surface area contributed by atoms with Crippen molar-refractivity contribution in [2.75, 3.05) is 5.32 Å². The van der Waals surface area contributed by atoms with Crippen LogP contribution in [0, 0.1) is 17.0 Å². The molecule has 26 heavy (non-hydrogen) atoms. The molecule has 1 aromatic heterocycles. The fraction of sp³-hybridized carbons (Fsp3) is 0.111. The number of para-hydroxylation sites is 1. The summed E-state index contributed by atoms with van der Waals surface area (Å²) in [6, 6.07) is 11.8. The molecule has 1 N–H and O–H groups in total. The second-order valence-corrected chi connectivity index (χ2v) is 5.78. The standard InChI is InChI=1S/C18H13N3O5/c1-10-13(6-4-7-14(10)21(23)24)19-18(22)16-12-9-25-15-8-3-2-5-11(15)17(12)26-20-16/h2-8H,9H2,1H3,(H,19,22). The number of hydrogen-bond acceptors (Lipinski definition) is 6. The number of fused-ring (bicyclic) bond motifs is 3. The summed E-state index contributed by atoms with van der Waals surface area (Å²) in [7, 11) is 0. The number of ether oxygens (including phenoxy) is 1. The second kappa shape index (κ2) is 5.99. The number of nitrogens with one attached hydrogen (secondary N) is 1. The number of carbonyl (C=O) groups excluding carboxylic acids is 1. The van der Waals surface area contributed by atoms with Crippen LogP contribution in [0.15, 0.2) is 47.0 Å². The van der Waals surface area contributed by atoms with Crippen molar-refractivity contribution < 1.29 is 19.0 Å². The van der Waals surface area contributed by atoms with Crippen molar-refractivity contribution in [3.05, 3.63) is 69.4 Å². The van der Waals surface area contributed by atoms with Crippen LogP contribution in [0.4, 0.5) is 11.4 Å². The summed E-state index contributed by atoms with van der Waals surface area (Å²) in [5.41, 5.74) is 2.02. The van der Waals surface area contributed by atoms with Crippen molar-refractivity contribution in [3.63, 3.8) is 0 Å². The molecular weight excluding hydrogens is 338 g/mol. The molecule has 0 saturated heterocycles. The Hall–Kier alpha value is -3.68. The predicted molar refractivity (Wildman–Crippen MR) is 92.1 cm³/mol. The molecule has 0 spiro atoms. The van der Waals surface area contributed by atoms with E-state index in [9.17, 15) is 14.9 Å². The number of nitro groups is 1. The van der Waals surface area contributed by atoms with Gasteiger partial charge in [-0.2, -0.15) is 0 Å². The topological polar surface area (TPSA) is 108 Å². The molecule has 0 aliphatic carbocycles. The summed E-state index contributed by atoms with van der Waals surface area (Å²) in [6.45, 7) is 1.73. The molecule has 0 saturated carbocycles. The molecule has 3 aromatic rings. The van der Waals surface area contributed by atoms with E-state index in [1.54, 1.807) is 13.0 Å². The molecule has 0 unspecified atom stereocenters. The predicted octanol–water partition coefficient (Wildman–Crippen LogP) is 3.70. The maximum absolute atomic E-state index is 12.6. The van der Waals surface area contributed by atoms with Crippen LogP contribution in [-0.4, -0.2) is 16.0 Å². The van der Waals surface area contributed by atoms with Gasteiger partial charge in [-0.25, -0.2) is 0 Å². The van der Waals surface area contributed by atoms with Crippen molar-refractivity contribution in [1.82, 2.24) is 5.16 Å². The van der Waals surface area contributed by atoms with E-state index in [1.165, 1.54) is 12.1 Å². The Morgan fingerprint density at radius 3 is 2.85 bits per heavy atom. The van der Waals surface area contributed by atoms with Crippen LogP contribution in [0.3, 0.4) is 0 Å². The Morgan fingerprint density at radius 1 is 1.23 bits per heavy atom. The zero-order chi connectivity index (χ0) is 18.3. The van der Waals surface area contributed by atoms with Gasteiger partial charge in [0.2, 0.25) is 0 Å². The summed E-state index contributed by atoms with van der Waals surface area (Å²) in [5.74, 6) is 0.645. The number of nitrogens with zero attached hydrogens (tertiary/aromatic N) is 2. The van der Waals surface area contributed by atoms with Crippen LogP contribution in [0.25, 0.3) is 11.3 Å². The number of hydrogen-bond donors (Lipinski definition) is 1. The van der Waals surface area contributed by atoms with E-state index in [2.05, 4.69) is 10.5 Å². The summed E-state index contributed by atoms with van der Waals surface area (Å²) in [5, 5.41) is 17.6. The first-order chi connectivity index (χ1) is 12.6. The smallest absolute Gasteiger partial charge is 0.278 e. The van der Waals surface area contributed by atoms with Gasteiger partial charge in [-0.3, -0.25) is 14.9 Å². The number of nitro benzene ring substituents is 1. The van der Waals surface area contributed by atoms with Crippen LogP contribution in [0.2, 0.25) is 0 Å². The van der Waals surface area contributed by atoms with Crippen molar-refractivity contribution >= 4 is 17.3 Å². The third-order valence-corrected chi connectivity index (χ3v) is 4.26. The first-order valence-electron chi connectivity index (χ1n) is 7.82. The zero-order valence-corrected chi connectivity index (χ0v) is 13.7. The van der Waals surface area contributed by atoms with Gasteiger partial charge in [0.1, 0.15) is 12.4 Å². The molecule has 2 aromatic carbocycles. The third kappa shape index (κ3) is 2.48. The Kier molecular flexibility index (Phi) is 3.65. The molecule has 8 heteroatoms. The summed E-state index contributed by atoms with van der Waals surface area (Å²) in [4.78, 5) is 23.2. The second-order valence-electron chi connectivity index (χ2n) is 5.78. The van der Waals surface area contributed by atoms with Crippen LogP contribution >= 0.6 is 0 Å². The van der Waals surface area contributed by atoms with Crippen LogP contribution in [0.5, 0.6) is 5.75 Å². The molecule has 0 radical (unpaired) electrons. The van der Waals surface area contributed by atoms with E-state index in [0.717, 1.165) is 5.56 Å². The Labute approximate surface area is 147 Å². The molecule has 0 fully saturated rings. The maximum atomic E-state index is 12.6. The molecule has 4 rings (SSSR count). The lowest BCUT2D eigenvalue weighted by Gasteiger charge is -2.16. The monoisotopic (exact) mass is 351 g/mol. The average molecular weight is 351 g/mol. The molecule has 2 heterocycles. The van der Waals surface area contributed by atoms with Gasteiger partial charge in [-0.1, -0.05) is 23.4 Å². The molecule has 0 atom stereocenters. The van der Waals surface area contributed by atoms with Crippen molar-refractivity contribution in [1.29, 1.82) is 0 Å². The molecule has 8 nitrogen and oxygen atoms in total. The largest absolute Gasteiger partial charge is 0.488 e. The van der Waals surface area contributed by atoms with Crippen LogP contribution < -0.4 is 10.1 Å². The van der Waals surface area contributed by atoms with Gasteiger partial charge in [0.25, 0.3) is 11.6 Å². The van der Waals surface area contributed by atoms with E-state index in [1.807, 2.05) is 24.3 Å². The first kappa shape index (κ1) is 15.8. The van der Waals surface area contributed by atoms with Gasteiger partial charge < -0.3 is 14.6 Å². The van der Waals surface area contributed by atoms with Crippen molar-refractivity contribution in [2.24, 2.45) is 0 Å². The Balaban J connectivity index is 1.67. The van der Waals surface area contributed by atoms with Crippen molar-refractivity contribution in [2.45, 2.75) is 13.5 Å². The van der Waals surface area contributed by atoms with E-state index < -0.39 is 10.8 Å². The van der Waals surface area contributed by atoms with E-state index in [4.69, 9.17) is 9.26 Å². The third-order valence-electron chi connectivity index (χ3n) is 4.26. The normalized spacial score (nSPS) is 11.9. The average Bonchev–Trinajstić information content (AvgIpc) is 3.08. The van der Waals surface area contributed by atoms with E-state index in [-0.39, 0.29) is 18.0 Å². The summed E-state index contributed by atoms with van der Waals surface area (Å²) < 4.78 is 11.0. The quantitative estimate of drug-likeness (QED) is 0.569. The highest BCUT2D eigenvalue weighted by molar-refractivity contribution is 6.05. The number of anilines is 1. The van der Waals surface area contributed by atoms with Crippen molar-refractivity contribution in [3.8, 4) is 17.1 Å². The lowest BCUT2D eigenvalue weighted by atomic mass is 10.0. The Bertz CT molecular complexity index is 1040. The van der Waals surface area contributed by atoms with Gasteiger partial charge in [0, 0.05) is 6.07 Å². The molecule has 1 aliphatic heterocycles. The van der Waals surface area contributed by atoms with Gasteiger partial charge in [-0.05, 0) is 25.1 Å². The number of amides is 1. The highest BCUT2D eigenvalue weighted by Gasteiger charge is 2.29. The van der Waals surface area contributed by atoms with E-state index in [0.29, 0.717) is 28.3 Å². The van der Waals surface area contributed by atoms with Gasteiger partial charge in [0.05, 0.1) is 27.3 Å². The molecule has 1 amide bonds. The lowest BCUT2D eigenvalue weighted by molar-refractivity contribution is -0.385. The summed E-state index contributed by atoms with van der Waals surface area (Å²) >= 11 is 0. The SMILES string of the molecule is Cc1c(NC(=O)c2noc3c2COc2ccccc2-3)cccc1[N+](=O)[O-]. The van der Waals surface area contributed by atoms with Crippen LogP contribution in [0.1, 0.15) is 21.6 Å². The fourth-order valence-corrected chi connectivity index (χ4v) is 2.90. The lowest BCUT2D eigenvalue weighted by Crippen LogP contribution is -2.17. The fourth-order valence-electron chi connectivity index (χ4n) is 2.90. The number of aromatic nitrogens is 1. The van der Waals surface area contributed by atoms with Gasteiger partial charge in [-0.15, -0.1) is 0 Å². The first-order valence-corrected chi connectivity index (χ1v) is 7.82. The number of rotatable bonds is 3. The molecule has 0 bridgehead atoms. The van der Waals surface area contributed by atoms with Gasteiger partial charge in [0.15, 0.2) is 11.5 Å². The Morgan fingerprint density at radius 2 is 2.04 bits per heavy atom. The van der Waals surface area contributed by atoms with Gasteiger partial charge >= 0.3 is 0 Å². The number of carbonyl (C=O) groups is 1. The maximum Gasteiger partial charge on any atom is 0.278 e. The minimum absolute atomic E-state index is 0.0674. The van der Waals surface area contributed by atoms with E-state index >= 15 is 0 Å². The molecule has 130 valence electrons. The highest BCUT2D eigenvalue weighted by Crippen LogP contribution is 2.38. The number of benzene rings is 2. The molecule has 1 aliphatic rings. The summed E-state index contributed by atoms with van der Waals surface area (Å²) in [6.07, 6.45) is 0. The zero-order valence-electron chi connectivity index (χ0n) is 13.7. The minimum Gasteiger partial charge on any atom is -0.488 e. The minimum atomic E-state index is -0.512.